The number of rotatable bonds is 2. The van der Waals surface area contributed by atoms with E-state index in [0.29, 0.717) is 25.2 Å². The maximum atomic E-state index is 6.20. The molecule has 5 heteroatoms. The van der Waals surface area contributed by atoms with Crippen molar-refractivity contribution in [2.45, 2.75) is 13.0 Å². The average Bonchev–Trinajstić information content (AvgIpc) is 2.80. The van der Waals surface area contributed by atoms with E-state index in [9.17, 15) is 0 Å². The molecule has 0 aliphatic carbocycles. The fourth-order valence-electron chi connectivity index (χ4n) is 3.19. The summed E-state index contributed by atoms with van der Waals surface area (Å²) in [4.78, 5) is 4.64. The Labute approximate surface area is 120 Å². The summed E-state index contributed by atoms with van der Waals surface area (Å²) >= 11 is 0. The van der Waals surface area contributed by atoms with Crippen LogP contribution in [0.2, 0.25) is 0 Å². The Bertz CT molecular complexity index is 504. The molecule has 2 heterocycles. The number of hydrogen-bond acceptors (Lipinski definition) is 5. The Kier molecular flexibility index (Phi) is 3.38. The molecule has 1 aromatic rings. The third-order valence-electron chi connectivity index (χ3n) is 4.27. The van der Waals surface area contributed by atoms with E-state index in [1.165, 1.54) is 0 Å². The van der Waals surface area contributed by atoms with Gasteiger partial charge in [-0.1, -0.05) is 6.92 Å². The van der Waals surface area contributed by atoms with Gasteiger partial charge in [0.1, 0.15) is 13.2 Å². The van der Waals surface area contributed by atoms with E-state index in [0.717, 1.165) is 36.0 Å². The van der Waals surface area contributed by atoms with Gasteiger partial charge in [-0.2, -0.15) is 0 Å². The Hall–Kier alpha value is -1.62. The van der Waals surface area contributed by atoms with Crippen LogP contribution in [-0.4, -0.2) is 51.3 Å². The van der Waals surface area contributed by atoms with E-state index >= 15 is 0 Å². The second-order valence-corrected chi connectivity index (χ2v) is 5.97. The minimum absolute atomic E-state index is 0.558. The lowest BCUT2D eigenvalue weighted by Gasteiger charge is -2.26. The predicted molar refractivity (Wildman–Crippen MR) is 80.7 cm³/mol. The first kappa shape index (κ1) is 13.4. The summed E-state index contributed by atoms with van der Waals surface area (Å²) in [5, 5.41) is 0. The maximum Gasteiger partial charge on any atom is 0.163 e. The van der Waals surface area contributed by atoms with Crippen molar-refractivity contribution in [3.05, 3.63) is 12.1 Å². The molecule has 0 saturated carbocycles. The lowest BCUT2D eigenvalue weighted by molar-refractivity contribution is 0.172. The van der Waals surface area contributed by atoms with Crippen LogP contribution in [0.25, 0.3) is 0 Å². The van der Waals surface area contributed by atoms with Gasteiger partial charge in [-0.25, -0.2) is 0 Å². The molecule has 0 spiro atoms. The van der Waals surface area contributed by atoms with Crippen molar-refractivity contribution in [1.82, 2.24) is 4.90 Å². The molecule has 0 radical (unpaired) electrons. The van der Waals surface area contributed by atoms with Gasteiger partial charge in [0.25, 0.3) is 0 Å². The van der Waals surface area contributed by atoms with Gasteiger partial charge in [0.15, 0.2) is 11.5 Å². The van der Waals surface area contributed by atoms with Crippen LogP contribution >= 0.6 is 0 Å². The second-order valence-electron chi connectivity index (χ2n) is 5.97. The molecule has 0 amide bonds. The van der Waals surface area contributed by atoms with Gasteiger partial charge in [0.05, 0.1) is 11.4 Å². The Morgan fingerprint density at radius 3 is 2.40 bits per heavy atom. The minimum atomic E-state index is 0.558. The van der Waals surface area contributed by atoms with Gasteiger partial charge in [0.2, 0.25) is 0 Å². The number of nitrogens with zero attached hydrogens (tertiary/aromatic N) is 2. The molecule has 0 bridgehead atoms. The van der Waals surface area contributed by atoms with Gasteiger partial charge in [-0.05, 0) is 20.0 Å². The van der Waals surface area contributed by atoms with Crippen molar-refractivity contribution in [3.8, 4) is 11.5 Å². The molecule has 2 aliphatic heterocycles. The molecule has 1 saturated heterocycles. The van der Waals surface area contributed by atoms with Gasteiger partial charge in [-0.15, -0.1) is 0 Å². The third-order valence-corrected chi connectivity index (χ3v) is 4.27. The van der Waals surface area contributed by atoms with Crippen molar-refractivity contribution in [1.29, 1.82) is 0 Å². The zero-order valence-corrected chi connectivity index (χ0v) is 12.4. The van der Waals surface area contributed by atoms with E-state index < -0.39 is 0 Å². The summed E-state index contributed by atoms with van der Waals surface area (Å²) in [5.41, 5.74) is 8.03. The fourth-order valence-corrected chi connectivity index (χ4v) is 3.19. The third kappa shape index (κ3) is 2.26. The van der Waals surface area contributed by atoms with E-state index in [-0.39, 0.29) is 0 Å². The number of ether oxygens (including phenoxy) is 2. The summed E-state index contributed by atoms with van der Waals surface area (Å²) in [6.07, 6.45) is 0. The molecule has 2 aliphatic rings. The Morgan fingerprint density at radius 1 is 1.15 bits per heavy atom. The predicted octanol–water partition coefficient (Wildman–Crippen LogP) is 1.43. The number of nitrogen functional groups attached to an aromatic ring is 1. The number of hydrogen-bond donors (Lipinski definition) is 1. The van der Waals surface area contributed by atoms with Gasteiger partial charge >= 0.3 is 0 Å². The summed E-state index contributed by atoms with van der Waals surface area (Å²) in [7, 11) is 4.27. The van der Waals surface area contributed by atoms with Crippen molar-refractivity contribution in [2.75, 3.05) is 51.0 Å². The van der Waals surface area contributed by atoms with Crippen molar-refractivity contribution in [2.24, 2.45) is 5.92 Å². The smallest absolute Gasteiger partial charge is 0.163 e. The van der Waals surface area contributed by atoms with Crippen LogP contribution in [-0.2, 0) is 0 Å². The zero-order chi connectivity index (χ0) is 14.3. The molecule has 20 heavy (non-hydrogen) atoms. The van der Waals surface area contributed by atoms with Crippen molar-refractivity contribution in [3.63, 3.8) is 0 Å². The number of benzene rings is 1. The van der Waals surface area contributed by atoms with Crippen LogP contribution in [0.5, 0.6) is 11.5 Å². The van der Waals surface area contributed by atoms with Crippen LogP contribution in [0.3, 0.4) is 0 Å². The number of fused-ring (bicyclic) bond motifs is 1. The monoisotopic (exact) mass is 277 g/mol. The number of likely N-dealkylation sites (N-methyl/N-ethyl adjacent to an activating group) is 1. The van der Waals surface area contributed by atoms with E-state index in [1.807, 2.05) is 12.1 Å². The van der Waals surface area contributed by atoms with Crippen LogP contribution in [0.15, 0.2) is 12.1 Å². The molecule has 3 rings (SSSR count). The standard InChI is InChI=1S/C15H23N3O2/c1-10-8-18(9-13(10)17(2)3)12-7-15-14(6-11(12)16)19-4-5-20-15/h6-7,10,13H,4-5,8-9,16H2,1-3H3. The molecule has 0 aromatic heterocycles. The summed E-state index contributed by atoms with van der Waals surface area (Å²) in [6, 6.07) is 4.47. The van der Waals surface area contributed by atoms with E-state index in [2.05, 4.69) is 30.8 Å². The summed E-state index contributed by atoms with van der Waals surface area (Å²) in [6.45, 7) is 5.51. The SMILES string of the molecule is CC1CN(c2cc3c(cc2N)OCCO3)CC1N(C)C. The van der Waals surface area contributed by atoms with Crippen LogP contribution in [0.1, 0.15) is 6.92 Å². The van der Waals surface area contributed by atoms with Crippen molar-refractivity contribution < 1.29 is 9.47 Å². The maximum absolute atomic E-state index is 6.20. The average molecular weight is 277 g/mol. The normalized spacial score (nSPS) is 25.3. The highest BCUT2D eigenvalue weighted by atomic mass is 16.6. The second kappa shape index (κ2) is 5.05. The lowest BCUT2D eigenvalue weighted by atomic mass is 10.1. The van der Waals surface area contributed by atoms with Crippen LogP contribution in [0, 0.1) is 5.92 Å². The number of nitrogens with two attached hydrogens (primary N) is 1. The molecule has 2 N–H and O–H groups in total. The number of anilines is 2. The lowest BCUT2D eigenvalue weighted by Crippen LogP contribution is -2.34. The van der Waals surface area contributed by atoms with Crippen molar-refractivity contribution >= 4 is 11.4 Å². The first-order valence-electron chi connectivity index (χ1n) is 7.16. The summed E-state index contributed by atoms with van der Waals surface area (Å²) in [5.74, 6) is 2.19. The Morgan fingerprint density at radius 2 is 1.80 bits per heavy atom. The largest absolute Gasteiger partial charge is 0.486 e. The van der Waals surface area contributed by atoms with Gasteiger partial charge in [-0.3, -0.25) is 0 Å². The molecule has 2 atom stereocenters. The molecular formula is C15H23N3O2. The molecule has 1 aromatic carbocycles. The molecular weight excluding hydrogens is 254 g/mol. The molecule has 5 nitrogen and oxygen atoms in total. The highest BCUT2D eigenvalue weighted by Gasteiger charge is 2.32. The Balaban J connectivity index is 1.87. The quantitative estimate of drug-likeness (QED) is 0.829. The molecule has 1 fully saturated rings. The van der Waals surface area contributed by atoms with Crippen LogP contribution < -0.4 is 20.1 Å². The van der Waals surface area contributed by atoms with Gasteiger partial charge < -0.3 is 25.0 Å². The molecule has 110 valence electrons. The topological polar surface area (TPSA) is 51.0 Å². The van der Waals surface area contributed by atoms with E-state index in [4.69, 9.17) is 15.2 Å². The zero-order valence-electron chi connectivity index (χ0n) is 12.4. The van der Waals surface area contributed by atoms with Gasteiger partial charge in [0, 0.05) is 31.3 Å². The highest BCUT2D eigenvalue weighted by Crippen LogP contribution is 2.40. The molecule has 2 unspecified atom stereocenters. The minimum Gasteiger partial charge on any atom is -0.486 e. The first-order chi connectivity index (χ1) is 9.56. The highest BCUT2D eigenvalue weighted by molar-refractivity contribution is 5.73. The fraction of sp³-hybridized carbons (Fsp3) is 0.600. The van der Waals surface area contributed by atoms with Crippen LogP contribution in [0.4, 0.5) is 11.4 Å². The van der Waals surface area contributed by atoms with E-state index in [1.54, 1.807) is 0 Å². The summed E-state index contributed by atoms with van der Waals surface area (Å²) < 4.78 is 11.2. The first-order valence-corrected chi connectivity index (χ1v) is 7.16.